The number of allylic oxidation sites excluding steroid dienone is 1. The van der Waals surface area contributed by atoms with E-state index in [4.69, 9.17) is 0 Å². The zero-order valence-electron chi connectivity index (χ0n) is 23.6. The third kappa shape index (κ3) is 5.63. The molecule has 0 aliphatic heterocycles. The number of fused-ring (bicyclic) bond motifs is 5. The third-order valence-electron chi connectivity index (χ3n) is 10.7. The van der Waals surface area contributed by atoms with Crippen LogP contribution in [-0.2, 0) is 10.0 Å². The van der Waals surface area contributed by atoms with E-state index in [9.17, 15) is 8.42 Å². The second-order valence-corrected chi connectivity index (χ2v) is 14.9. The molecule has 3 nitrogen and oxygen atoms in total. The van der Waals surface area contributed by atoms with Gasteiger partial charge in [-0.2, -0.15) is 0 Å². The van der Waals surface area contributed by atoms with Crippen LogP contribution in [0.25, 0.3) is 0 Å². The predicted molar refractivity (Wildman–Crippen MR) is 150 cm³/mol. The van der Waals surface area contributed by atoms with Crippen molar-refractivity contribution in [2.45, 2.75) is 125 Å². The maximum atomic E-state index is 11.8. The van der Waals surface area contributed by atoms with Gasteiger partial charge in [-0.15, -0.1) is 0 Å². The Balaban J connectivity index is 0.00000158. The molecule has 3 fully saturated rings. The van der Waals surface area contributed by atoms with Crippen LogP contribution in [0.3, 0.4) is 0 Å². The average Bonchev–Trinajstić information content (AvgIpc) is 3.11. The van der Waals surface area contributed by atoms with Crippen molar-refractivity contribution in [2.75, 3.05) is 6.26 Å². The Bertz CT molecular complexity index is 829. The Labute approximate surface area is 215 Å². The Morgan fingerprint density at radius 2 is 1.74 bits per heavy atom. The maximum Gasteiger partial charge on any atom is 0.208 e. The summed E-state index contributed by atoms with van der Waals surface area (Å²) in [5.41, 5.74) is 2.39. The number of hydrogen-bond donors (Lipinski definition) is 1. The van der Waals surface area contributed by atoms with Crippen LogP contribution >= 0.6 is 0 Å². The molecule has 4 rings (SSSR count). The molecule has 34 heavy (non-hydrogen) atoms. The summed E-state index contributed by atoms with van der Waals surface area (Å²) in [5.74, 6) is 5.14. The fraction of sp³-hybridized carbons (Fsp3) is 0.933. The van der Waals surface area contributed by atoms with E-state index in [2.05, 4.69) is 45.4 Å². The van der Waals surface area contributed by atoms with Gasteiger partial charge in [0.15, 0.2) is 0 Å². The van der Waals surface area contributed by atoms with E-state index in [1.165, 1.54) is 57.6 Å². The Hall–Kier alpha value is -0.350. The highest BCUT2D eigenvalue weighted by molar-refractivity contribution is 7.88. The summed E-state index contributed by atoms with van der Waals surface area (Å²) in [7, 11) is -3.13. The molecule has 8 atom stereocenters. The lowest BCUT2D eigenvalue weighted by molar-refractivity contribution is -0.0511. The normalized spacial score (nSPS) is 40.4. The molecule has 1 unspecified atom stereocenters. The van der Waals surface area contributed by atoms with Gasteiger partial charge in [-0.1, -0.05) is 79.4 Å². The zero-order chi connectivity index (χ0) is 25.3. The summed E-state index contributed by atoms with van der Waals surface area (Å²) in [6.45, 7) is 16.5. The first kappa shape index (κ1) is 28.2. The summed E-state index contributed by atoms with van der Waals surface area (Å²) in [6, 6.07) is 0.0947. The molecule has 0 amide bonds. The van der Waals surface area contributed by atoms with Crippen molar-refractivity contribution in [3.63, 3.8) is 0 Å². The van der Waals surface area contributed by atoms with Gasteiger partial charge in [0, 0.05) is 8.90 Å². The highest BCUT2D eigenvalue weighted by Gasteiger charge is 2.59. The largest absolute Gasteiger partial charge is 0.213 e. The molecule has 0 aromatic carbocycles. The molecule has 4 aliphatic carbocycles. The van der Waals surface area contributed by atoms with Crippen molar-refractivity contribution in [1.82, 2.24) is 4.72 Å². The Morgan fingerprint density at radius 1 is 1.03 bits per heavy atom. The second kappa shape index (κ2) is 11.0. The predicted octanol–water partition coefficient (Wildman–Crippen LogP) is 8.46. The van der Waals surface area contributed by atoms with Crippen molar-refractivity contribution < 1.29 is 11.3 Å². The van der Waals surface area contributed by atoms with Gasteiger partial charge in [-0.3, -0.25) is 0 Å². The molecule has 0 radical (unpaired) electrons. The monoisotopic (exact) mass is 497 g/mol. The Morgan fingerprint density at radius 3 is 2.38 bits per heavy atom. The van der Waals surface area contributed by atoms with Crippen LogP contribution in [0.1, 0.15) is 122 Å². The summed E-state index contributed by atoms with van der Waals surface area (Å²) < 4.78 is 26.5. The minimum atomic E-state index is -3.13. The number of nitrogens with one attached hydrogen (secondary N) is 1. The van der Waals surface area contributed by atoms with E-state index < -0.39 is 10.0 Å². The second-order valence-electron chi connectivity index (χ2n) is 13.1. The van der Waals surface area contributed by atoms with Crippen LogP contribution in [0.5, 0.6) is 0 Å². The third-order valence-corrected chi connectivity index (χ3v) is 11.4. The molecule has 0 saturated heterocycles. The molecular formula is C30H59NO2S. The van der Waals surface area contributed by atoms with Crippen molar-refractivity contribution in [3.8, 4) is 0 Å². The van der Waals surface area contributed by atoms with Gasteiger partial charge in [0.2, 0.25) is 10.0 Å². The smallest absolute Gasteiger partial charge is 0.208 e. The topological polar surface area (TPSA) is 46.2 Å². The molecular weight excluding hydrogens is 438 g/mol. The van der Waals surface area contributed by atoms with E-state index in [-0.39, 0.29) is 8.90 Å². The molecule has 1 N–H and O–H groups in total. The first-order valence-corrected chi connectivity index (χ1v) is 16.5. The van der Waals surface area contributed by atoms with Crippen LogP contribution in [-0.4, -0.2) is 20.7 Å². The summed E-state index contributed by atoms with van der Waals surface area (Å²) in [5, 5.41) is 0. The molecule has 0 aromatic heterocycles. The van der Waals surface area contributed by atoms with Crippen LogP contribution in [0.2, 0.25) is 0 Å². The molecule has 4 heteroatoms. The molecule has 3 saturated carbocycles. The highest BCUT2D eigenvalue weighted by Crippen LogP contribution is 2.67. The van der Waals surface area contributed by atoms with E-state index in [0.29, 0.717) is 10.8 Å². The van der Waals surface area contributed by atoms with Crippen LogP contribution in [0.4, 0.5) is 0 Å². The van der Waals surface area contributed by atoms with E-state index in [1.807, 2.05) is 13.8 Å². The molecule has 0 heterocycles. The average molecular weight is 498 g/mol. The fourth-order valence-electron chi connectivity index (χ4n) is 9.09. The fourth-order valence-corrected chi connectivity index (χ4v) is 9.90. The zero-order valence-corrected chi connectivity index (χ0v) is 24.4. The quantitative estimate of drug-likeness (QED) is 0.358. The minimum absolute atomic E-state index is 0. The standard InChI is InChI=1S/C28H49NO2S.C2H6.2H2/c1-19(2)8-7-9-20(3)24-12-13-25-23-11-10-21-18-22(29-32(6,30)31)14-16-27(21,4)26(23)15-17-28(24,25)5;1-2;;/h10,19-20,22-26,29H,7-9,11-18H2,1-6H3;1-2H3;2*1H/t20-,22+,23+,24-,25+,26?,27+,28-;;;/m1.../s1. The first-order chi connectivity index (χ1) is 15.9. The van der Waals surface area contributed by atoms with Gasteiger partial charge in [0.1, 0.15) is 0 Å². The minimum Gasteiger partial charge on any atom is -0.213 e. The molecule has 0 aromatic rings. The van der Waals surface area contributed by atoms with Gasteiger partial charge >= 0.3 is 0 Å². The van der Waals surface area contributed by atoms with Crippen molar-refractivity contribution in [1.29, 1.82) is 0 Å². The van der Waals surface area contributed by atoms with Gasteiger partial charge in [0.05, 0.1) is 6.26 Å². The summed E-state index contributed by atoms with van der Waals surface area (Å²) >= 11 is 0. The summed E-state index contributed by atoms with van der Waals surface area (Å²) in [6.07, 6.45) is 18.0. The molecule has 0 spiro atoms. The van der Waals surface area contributed by atoms with Crippen LogP contribution < -0.4 is 4.72 Å². The summed E-state index contributed by atoms with van der Waals surface area (Å²) in [4.78, 5) is 0. The van der Waals surface area contributed by atoms with Gasteiger partial charge in [0.25, 0.3) is 0 Å². The number of rotatable bonds is 7. The highest BCUT2D eigenvalue weighted by atomic mass is 32.2. The van der Waals surface area contributed by atoms with Gasteiger partial charge in [-0.25, -0.2) is 13.1 Å². The van der Waals surface area contributed by atoms with E-state index >= 15 is 0 Å². The van der Waals surface area contributed by atoms with E-state index in [1.54, 1.807) is 5.57 Å². The van der Waals surface area contributed by atoms with Crippen molar-refractivity contribution >= 4 is 10.0 Å². The van der Waals surface area contributed by atoms with Crippen molar-refractivity contribution in [2.24, 2.45) is 46.3 Å². The van der Waals surface area contributed by atoms with E-state index in [0.717, 1.165) is 54.8 Å². The number of sulfonamides is 1. The Kier molecular flexibility index (Phi) is 9.09. The molecule has 0 bridgehead atoms. The maximum absolute atomic E-state index is 11.8. The van der Waals surface area contributed by atoms with Gasteiger partial charge < -0.3 is 0 Å². The molecule has 4 aliphatic rings. The first-order valence-electron chi connectivity index (χ1n) is 14.6. The van der Waals surface area contributed by atoms with Gasteiger partial charge in [-0.05, 0) is 97.7 Å². The van der Waals surface area contributed by atoms with Crippen LogP contribution in [0.15, 0.2) is 11.6 Å². The molecule has 202 valence electrons. The lowest BCUT2D eigenvalue weighted by Gasteiger charge is -2.58. The SMILES string of the molecule is CC.CC(C)CCC[C@@H](C)[C@H]1CC[C@H]2[C@@H]3CC=C4C[C@@H](NS(C)(=O)=O)CC[C@]4(C)C3CC[C@]12C.[HH].[HH]. The lowest BCUT2D eigenvalue weighted by atomic mass is 9.47. The lowest BCUT2D eigenvalue weighted by Crippen LogP contribution is -2.52. The van der Waals surface area contributed by atoms with Crippen molar-refractivity contribution in [3.05, 3.63) is 11.6 Å². The van der Waals surface area contributed by atoms with Crippen LogP contribution in [0, 0.1) is 46.3 Å². The number of hydrogen-bond acceptors (Lipinski definition) is 2.